The zero-order valence-electron chi connectivity index (χ0n) is 5.85. The SMILES string of the molecule is C=CNC/C=C(/C)C=C. The van der Waals surface area contributed by atoms with Crippen LogP contribution in [-0.4, -0.2) is 6.54 Å². The van der Waals surface area contributed by atoms with Crippen LogP contribution in [0.25, 0.3) is 0 Å². The van der Waals surface area contributed by atoms with Crippen molar-refractivity contribution in [1.29, 1.82) is 0 Å². The van der Waals surface area contributed by atoms with Crippen molar-refractivity contribution in [3.63, 3.8) is 0 Å². The summed E-state index contributed by atoms with van der Waals surface area (Å²) in [6.07, 6.45) is 5.55. The molecule has 0 aromatic heterocycles. The summed E-state index contributed by atoms with van der Waals surface area (Å²) in [7, 11) is 0. The minimum atomic E-state index is 0.835. The number of allylic oxidation sites excluding steroid dienone is 2. The molecule has 1 N–H and O–H groups in total. The van der Waals surface area contributed by atoms with Crippen molar-refractivity contribution in [3.8, 4) is 0 Å². The van der Waals surface area contributed by atoms with E-state index >= 15 is 0 Å². The lowest BCUT2D eigenvalue weighted by Gasteiger charge is -1.92. The molecule has 0 fully saturated rings. The van der Waals surface area contributed by atoms with Crippen molar-refractivity contribution in [1.82, 2.24) is 5.32 Å². The Kier molecular flexibility index (Phi) is 4.60. The largest absolute Gasteiger partial charge is 0.388 e. The average molecular weight is 123 g/mol. The molecule has 0 saturated carbocycles. The van der Waals surface area contributed by atoms with Crippen LogP contribution in [0.15, 0.2) is 37.1 Å². The lowest BCUT2D eigenvalue weighted by molar-refractivity contribution is 0.983. The summed E-state index contributed by atoms with van der Waals surface area (Å²) in [5, 5.41) is 2.95. The van der Waals surface area contributed by atoms with Gasteiger partial charge in [-0.15, -0.1) is 0 Å². The van der Waals surface area contributed by atoms with Crippen LogP contribution in [-0.2, 0) is 0 Å². The fraction of sp³-hybridized carbons (Fsp3) is 0.250. The predicted octanol–water partition coefficient (Wildman–Crippen LogP) is 1.85. The molecular weight excluding hydrogens is 110 g/mol. The van der Waals surface area contributed by atoms with Crippen LogP contribution in [0.3, 0.4) is 0 Å². The number of nitrogens with one attached hydrogen (secondary N) is 1. The lowest BCUT2D eigenvalue weighted by atomic mass is 10.3. The second-order valence-electron chi connectivity index (χ2n) is 1.76. The summed E-state index contributed by atoms with van der Waals surface area (Å²) in [4.78, 5) is 0. The molecule has 0 unspecified atom stereocenters. The third-order valence-electron chi connectivity index (χ3n) is 1.01. The first-order chi connectivity index (χ1) is 4.31. The molecule has 50 valence electrons. The van der Waals surface area contributed by atoms with Crippen LogP contribution < -0.4 is 5.32 Å². The third kappa shape index (κ3) is 4.88. The Morgan fingerprint density at radius 2 is 2.22 bits per heavy atom. The Bertz CT molecular complexity index is 123. The zero-order chi connectivity index (χ0) is 7.11. The summed E-state index contributed by atoms with van der Waals surface area (Å²) in [6.45, 7) is 9.98. The molecule has 0 radical (unpaired) electrons. The molecule has 0 atom stereocenters. The van der Waals surface area contributed by atoms with E-state index in [4.69, 9.17) is 0 Å². The van der Waals surface area contributed by atoms with Gasteiger partial charge in [0.15, 0.2) is 0 Å². The van der Waals surface area contributed by atoms with E-state index in [1.165, 1.54) is 5.57 Å². The van der Waals surface area contributed by atoms with Gasteiger partial charge in [-0.1, -0.05) is 30.9 Å². The molecule has 1 nitrogen and oxygen atoms in total. The first-order valence-electron chi connectivity index (χ1n) is 2.94. The summed E-state index contributed by atoms with van der Waals surface area (Å²) in [5.41, 5.74) is 1.18. The Morgan fingerprint density at radius 3 is 2.67 bits per heavy atom. The monoisotopic (exact) mass is 123 g/mol. The Hall–Kier alpha value is -0.980. The Morgan fingerprint density at radius 1 is 1.56 bits per heavy atom. The van der Waals surface area contributed by atoms with Crippen LogP contribution in [0.1, 0.15) is 6.92 Å². The highest BCUT2D eigenvalue weighted by atomic mass is 14.8. The normalized spacial score (nSPS) is 10.6. The lowest BCUT2D eigenvalue weighted by Crippen LogP contribution is -2.02. The van der Waals surface area contributed by atoms with E-state index in [9.17, 15) is 0 Å². The van der Waals surface area contributed by atoms with Gasteiger partial charge in [-0.3, -0.25) is 0 Å². The van der Waals surface area contributed by atoms with Crippen molar-refractivity contribution in [2.45, 2.75) is 6.92 Å². The van der Waals surface area contributed by atoms with Crippen LogP contribution in [0, 0.1) is 0 Å². The summed E-state index contributed by atoms with van der Waals surface area (Å²) in [5.74, 6) is 0. The average Bonchev–Trinajstić information content (AvgIpc) is 1.89. The summed E-state index contributed by atoms with van der Waals surface area (Å²) in [6, 6.07) is 0. The van der Waals surface area contributed by atoms with Crippen LogP contribution in [0.4, 0.5) is 0 Å². The van der Waals surface area contributed by atoms with Crippen molar-refractivity contribution < 1.29 is 0 Å². The first kappa shape index (κ1) is 8.02. The molecule has 0 aliphatic heterocycles. The third-order valence-corrected chi connectivity index (χ3v) is 1.01. The van der Waals surface area contributed by atoms with Crippen molar-refractivity contribution >= 4 is 0 Å². The van der Waals surface area contributed by atoms with E-state index in [0.717, 1.165) is 6.54 Å². The van der Waals surface area contributed by atoms with Crippen molar-refractivity contribution in [2.24, 2.45) is 0 Å². The molecule has 0 heterocycles. The van der Waals surface area contributed by atoms with E-state index < -0.39 is 0 Å². The maximum atomic E-state index is 3.62. The highest BCUT2D eigenvalue weighted by Gasteiger charge is 1.75. The van der Waals surface area contributed by atoms with E-state index in [1.807, 2.05) is 13.0 Å². The molecular formula is C8H13N. The number of hydrogen-bond donors (Lipinski definition) is 1. The van der Waals surface area contributed by atoms with Gasteiger partial charge in [-0.2, -0.15) is 0 Å². The maximum Gasteiger partial charge on any atom is 0.0330 e. The van der Waals surface area contributed by atoms with Gasteiger partial charge in [-0.05, 0) is 13.1 Å². The molecule has 0 spiro atoms. The topological polar surface area (TPSA) is 12.0 Å². The maximum absolute atomic E-state index is 3.62. The molecule has 9 heavy (non-hydrogen) atoms. The molecule has 0 aromatic carbocycles. The smallest absolute Gasteiger partial charge is 0.0330 e. The van der Waals surface area contributed by atoms with Crippen LogP contribution in [0.5, 0.6) is 0 Å². The van der Waals surface area contributed by atoms with Gasteiger partial charge in [0.05, 0.1) is 0 Å². The summed E-state index contributed by atoms with van der Waals surface area (Å²) >= 11 is 0. The molecule has 1 heteroatoms. The van der Waals surface area contributed by atoms with E-state index in [-0.39, 0.29) is 0 Å². The van der Waals surface area contributed by atoms with Gasteiger partial charge >= 0.3 is 0 Å². The van der Waals surface area contributed by atoms with Crippen molar-refractivity contribution in [2.75, 3.05) is 6.54 Å². The van der Waals surface area contributed by atoms with E-state index in [0.29, 0.717) is 0 Å². The molecule has 0 bridgehead atoms. The van der Waals surface area contributed by atoms with Gasteiger partial charge < -0.3 is 5.32 Å². The second kappa shape index (κ2) is 5.16. The van der Waals surface area contributed by atoms with Gasteiger partial charge in [-0.25, -0.2) is 0 Å². The first-order valence-corrected chi connectivity index (χ1v) is 2.94. The Balaban J connectivity index is 3.42. The fourth-order valence-electron chi connectivity index (χ4n) is 0.387. The van der Waals surface area contributed by atoms with Gasteiger partial charge in [0, 0.05) is 6.54 Å². The molecule has 0 aliphatic rings. The van der Waals surface area contributed by atoms with Gasteiger partial charge in [0.2, 0.25) is 0 Å². The number of hydrogen-bond acceptors (Lipinski definition) is 1. The zero-order valence-corrected chi connectivity index (χ0v) is 5.85. The standard InChI is InChI=1S/C8H13N/c1-4-8(3)6-7-9-5-2/h4-6,9H,1-2,7H2,3H3/b8-6-. The molecule has 0 aliphatic carbocycles. The number of rotatable bonds is 4. The molecule has 0 aromatic rings. The minimum Gasteiger partial charge on any atom is -0.388 e. The molecule has 0 amide bonds. The highest BCUT2D eigenvalue weighted by molar-refractivity contribution is 5.13. The predicted molar refractivity (Wildman–Crippen MR) is 42.2 cm³/mol. The van der Waals surface area contributed by atoms with Crippen LogP contribution >= 0.6 is 0 Å². The highest BCUT2D eigenvalue weighted by Crippen LogP contribution is 1.89. The second-order valence-corrected chi connectivity index (χ2v) is 1.76. The van der Waals surface area contributed by atoms with Crippen molar-refractivity contribution in [3.05, 3.63) is 37.1 Å². The van der Waals surface area contributed by atoms with Crippen LogP contribution in [0.2, 0.25) is 0 Å². The quantitative estimate of drug-likeness (QED) is 0.444. The molecule has 0 rings (SSSR count). The van der Waals surface area contributed by atoms with Gasteiger partial charge in [0.1, 0.15) is 0 Å². The molecule has 0 saturated heterocycles. The van der Waals surface area contributed by atoms with E-state index in [2.05, 4.69) is 24.6 Å². The Labute approximate surface area is 56.8 Å². The minimum absolute atomic E-state index is 0.835. The van der Waals surface area contributed by atoms with Gasteiger partial charge in [0.25, 0.3) is 0 Å². The summed E-state index contributed by atoms with van der Waals surface area (Å²) < 4.78 is 0. The fourth-order valence-corrected chi connectivity index (χ4v) is 0.387. The van der Waals surface area contributed by atoms with E-state index in [1.54, 1.807) is 6.20 Å².